The van der Waals surface area contributed by atoms with Gasteiger partial charge >= 0.3 is 6.03 Å². The summed E-state index contributed by atoms with van der Waals surface area (Å²) in [6.45, 7) is 4.09. The van der Waals surface area contributed by atoms with Crippen molar-refractivity contribution in [1.82, 2.24) is 25.1 Å². The fraction of sp³-hybridized carbons (Fsp3) is 0.500. The van der Waals surface area contributed by atoms with Gasteiger partial charge in [0.25, 0.3) is 0 Å². The van der Waals surface area contributed by atoms with Crippen LogP contribution < -0.4 is 10.1 Å². The van der Waals surface area contributed by atoms with E-state index in [1.165, 1.54) is 6.33 Å². The highest BCUT2D eigenvalue weighted by Gasteiger charge is 2.30. The van der Waals surface area contributed by atoms with Crippen molar-refractivity contribution < 1.29 is 14.3 Å². The van der Waals surface area contributed by atoms with E-state index in [9.17, 15) is 4.79 Å². The van der Waals surface area contributed by atoms with E-state index in [0.717, 1.165) is 12.8 Å². The Morgan fingerprint density at radius 3 is 3.12 bits per heavy atom. The number of hydrogen-bond donors (Lipinski definition) is 2. The summed E-state index contributed by atoms with van der Waals surface area (Å²) in [7, 11) is 0. The Hall–Kier alpha value is -2.68. The smallest absolute Gasteiger partial charge is 0.322 e. The van der Waals surface area contributed by atoms with Gasteiger partial charge in [-0.3, -0.25) is 5.10 Å². The van der Waals surface area contributed by atoms with E-state index in [-0.39, 0.29) is 12.1 Å². The number of urea groups is 1. The van der Waals surface area contributed by atoms with Gasteiger partial charge in [-0.1, -0.05) is 13.3 Å². The molecule has 0 bridgehead atoms. The van der Waals surface area contributed by atoms with E-state index in [2.05, 4.69) is 32.4 Å². The number of carbonyl (C=O) groups excluding carboxylic acids is 1. The molecule has 1 aliphatic rings. The lowest BCUT2D eigenvalue weighted by Gasteiger charge is -2.34. The maximum atomic E-state index is 12.6. The molecule has 25 heavy (non-hydrogen) atoms. The fourth-order valence-electron chi connectivity index (χ4n) is 2.50. The Morgan fingerprint density at radius 2 is 2.40 bits per heavy atom. The van der Waals surface area contributed by atoms with Gasteiger partial charge in [-0.15, -0.1) is 0 Å². The van der Waals surface area contributed by atoms with Gasteiger partial charge in [-0.25, -0.2) is 14.8 Å². The number of pyridine rings is 1. The highest BCUT2D eigenvalue weighted by atomic mass is 16.5. The molecular formula is C16H22N6O3. The molecule has 1 saturated heterocycles. The third kappa shape index (κ3) is 4.44. The van der Waals surface area contributed by atoms with E-state index in [0.29, 0.717) is 43.8 Å². The van der Waals surface area contributed by atoms with Crippen molar-refractivity contribution in [1.29, 1.82) is 0 Å². The van der Waals surface area contributed by atoms with Gasteiger partial charge in [0.15, 0.2) is 0 Å². The summed E-state index contributed by atoms with van der Waals surface area (Å²) < 4.78 is 11.0. The average molecular weight is 346 g/mol. The van der Waals surface area contributed by atoms with Crippen LogP contribution in [0, 0.1) is 0 Å². The molecule has 1 unspecified atom stereocenters. The SMILES string of the molecule is CCCCOc1ccc(NC(=O)N2CCOCC2c2ncn[nH]2)cn1. The number of nitrogens with zero attached hydrogens (tertiary/aromatic N) is 4. The predicted octanol–water partition coefficient (Wildman–Crippen LogP) is 1.98. The van der Waals surface area contributed by atoms with Gasteiger partial charge in [-0.2, -0.15) is 5.10 Å². The lowest BCUT2D eigenvalue weighted by molar-refractivity contribution is 0.0118. The number of aromatic amines is 1. The number of H-pyrrole nitrogens is 1. The number of aromatic nitrogens is 4. The second-order valence-corrected chi connectivity index (χ2v) is 5.67. The highest BCUT2D eigenvalue weighted by Crippen LogP contribution is 2.22. The summed E-state index contributed by atoms with van der Waals surface area (Å²) in [6, 6.07) is 3.00. The molecule has 2 aromatic rings. The van der Waals surface area contributed by atoms with Crippen LogP contribution in [0.1, 0.15) is 31.6 Å². The number of anilines is 1. The highest BCUT2D eigenvalue weighted by molar-refractivity contribution is 5.89. The molecule has 3 heterocycles. The Bertz CT molecular complexity index is 661. The molecule has 0 spiro atoms. The summed E-state index contributed by atoms with van der Waals surface area (Å²) in [5.41, 5.74) is 0.607. The number of morpholine rings is 1. The second-order valence-electron chi connectivity index (χ2n) is 5.67. The lowest BCUT2D eigenvalue weighted by atomic mass is 10.2. The molecule has 2 amide bonds. The standard InChI is InChI=1S/C16H22N6O3/c1-2-3-7-25-14-5-4-12(9-17-14)20-16(23)22-6-8-24-10-13(22)15-18-11-19-21-15/h4-5,9,11,13H,2-3,6-8,10H2,1H3,(H,20,23)(H,18,19,21). The molecule has 2 aromatic heterocycles. The number of hydrogen-bond acceptors (Lipinski definition) is 6. The monoisotopic (exact) mass is 346 g/mol. The van der Waals surface area contributed by atoms with E-state index in [4.69, 9.17) is 9.47 Å². The third-order valence-corrected chi connectivity index (χ3v) is 3.87. The molecule has 0 saturated carbocycles. The number of rotatable bonds is 6. The van der Waals surface area contributed by atoms with Crippen LogP contribution in [0.3, 0.4) is 0 Å². The van der Waals surface area contributed by atoms with Crippen molar-refractivity contribution in [3.63, 3.8) is 0 Å². The van der Waals surface area contributed by atoms with Crippen molar-refractivity contribution >= 4 is 11.7 Å². The normalized spacial score (nSPS) is 17.3. The lowest BCUT2D eigenvalue weighted by Crippen LogP contribution is -2.45. The van der Waals surface area contributed by atoms with Gasteiger partial charge in [0.2, 0.25) is 5.88 Å². The van der Waals surface area contributed by atoms with Crippen molar-refractivity contribution in [2.24, 2.45) is 0 Å². The molecule has 0 aromatic carbocycles. The van der Waals surface area contributed by atoms with Crippen molar-refractivity contribution in [3.8, 4) is 5.88 Å². The van der Waals surface area contributed by atoms with E-state index in [1.54, 1.807) is 23.2 Å². The first-order valence-corrected chi connectivity index (χ1v) is 8.37. The average Bonchev–Trinajstić information content (AvgIpc) is 3.18. The first kappa shape index (κ1) is 17.2. The van der Waals surface area contributed by atoms with Crippen LogP contribution in [0.2, 0.25) is 0 Å². The zero-order valence-corrected chi connectivity index (χ0v) is 14.1. The predicted molar refractivity (Wildman–Crippen MR) is 90.3 cm³/mol. The van der Waals surface area contributed by atoms with Crippen molar-refractivity contribution in [2.45, 2.75) is 25.8 Å². The number of ether oxygens (including phenoxy) is 2. The number of nitrogens with one attached hydrogen (secondary N) is 2. The summed E-state index contributed by atoms with van der Waals surface area (Å²) in [5, 5.41) is 9.49. The maximum Gasteiger partial charge on any atom is 0.322 e. The molecular weight excluding hydrogens is 324 g/mol. The number of unbranched alkanes of at least 4 members (excludes halogenated alkanes) is 1. The quantitative estimate of drug-likeness (QED) is 0.775. The molecule has 9 heteroatoms. The van der Waals surface area contributed by atoms with Crippen LogP contribution in [-0.2, 0) is 4.74 Å². The molecule has 1 aliphatic heterocycles. The van der Waals surface area contributed by atoms with Gasteiger partial charge in [0.05, 0.1) is 31.7 Å². The van der Waals surface area contributed by atoms with Crippen molar-refractivity contribution in [2.75, 3.05) is 31.7 Å². The minimum Gasteiger partial charge on any atom is -0.478 e. The summed E-state index contributed by atoms with van der Waals surface area (Å²) in [4.78, 5) is 22.6. The zero-order chi connectivity index (χ0) is 17.5. The van der Waals surface area contributed by atoms with E-state index >= 15 is 0 Å². The number of carbonyl (C=O) groups is 1. The molecule has 1 fully saturated rings. The zero-order valence-electron chi connectivity index (χ0n) is 14.1. The molecule has 2 N–H and O–H groups in total. The topological polar surface area (TPSA) is 105 Å². The maximum absolute atomic E-state index is 12.6. The van der Waals surface area contributed by atoms with Crippen LogP contribution in [0.15, 0.2) is 24.7 Å². The molecule has 3 rings (SSSR count). The van der Waals surface area contributed by atoms with Crippen LogP contribution in [0.25, 0.3) is 0 Å². The van der Waals surface area contributed by atoms with Crippen LogP contribution >= 0.6 is 0 Å². The summed E-state index contributed by atoms with van der Waals surface area (Å²) in [6.07, 6.45) is 5.06. The van der Waals surface area contributed by atoms with E-state index in [1.807, 2.05) is 0 Å². The number of amides is 2. The molecule has 9 nitrogen and oxygen atoms in total. The van der Waals surface area contributed by atoms with Gasteiger partial charge in [0, 0.05) is 12.6 Å². The van der Waals surface area contributed by atoms with Crippen LogP contribution in [0.4, 0.5) is 10.5 Å². The first-order valence-electron chi connectivity index (χ1n) is 8.37. The van der Waals surface area contributed by atoms with E-state index < -0.39 is 0 Å². The minimum absolute atomic E-state index is 0.230. The van der Waals surface area contributed by atoms with Crippen molar-refractivity contribution in [3.05, 3.63) is 30.5 Å². The molecule has 134 valence electrons. The minimum atomic E-state index is -0.291. The first-order chi connectivity index (χ1) is 12.3. The summed E-state index contributed by atoms with van der Waals surface area (Å²) in [5.74, 6) is 1.16. The molecule has 0 aliphatic carbocycles. The Labute approximate surface area is 145 Å². The van der Waals surface area contributed by atoms with Gasteiger partial charge in [-0.05, 0) is 12.5 Å². The Kier molecular flexibility index (Phi) is 5.78. The van der Waals surface area contributed by atoms with Crippen LogP contribution in [-0.4, -0.2) is 57.5 Å². The molecule has 0 radical (unpaired) electrons. The second kappa shape index (κ2) is 8.43. The molecule has 1 atom stereocenters. The summed E-state index contributed by atoms with van der Waals surface area (Å²) >= 11 is 0. The third-order valence-electron chi connectivity index (χ3n) is 3.87. The van der Waals surface area contributed by atoms with Gasteiger partial charge < -0.3 is 19.7 Å². The largest absolute Gasteiger partial charge is 0.478 e. The fourth-order valence-corrected chi connectivity index (χ4v) is 2.50. The van der Waals surface area contributed by atoms with Gasteiger partial charge in [0.1, 0.15) is 18.2 Å². The Balaban J connectivity index is 1.60. The Morgan fingerprint density at radius 1 is 1.48 bits per heavy atom. The van der Waals surface area contributed by atoms with Crippen LogP contribution in [0.5, 0.6) is 5.88 Å².